The van der Waals surface area contributed by atoms with E-state index in [0.29, 0.717) is 0 Å². The van der Waals surface area contributed by atoms with Gasteiger partial charge in [0, 0.05) is 23.2 Å². The van der Waals surface area contributed by atoms with Crippen molar-refractivity contribution in [1.82, 2.24) is 0 Å². The van der Waals surface area contributed by atoms with E-state index in [-0.39, 0.29) is 11.7 Å². The van der Waals surface area contributed by atoms with E-state index in [1.54, 1.807) is 18.0 Å². The molecule has 2 aromatic rings. The average molecular weight is 287 g/mol. The van der Waals surface area contributed by atoms with E-state index in [1.807, 2.05) is 37.3 Å². The highest BCUT2D eigenvalue weighted by Crippen LogP contribution is 2.50. The minimum atomic E-state index is -0.784. The molecule has 1 aliphatic heterocycles. The van der Waals surface area contributed by atoms with Crippen molar-refractivity contribution in [2.75, 3.05) is 11.9 Å². The van der Waals surface area contributed by atoms with Crippen LogP contribution in [0.1, 0.15) is 12.5 Å². The van der Waals surface area contributed by atoms with Gasteiger partial charge < -0.3 is 4.90 Å². The number of amides is 1. The van der Waals surface area contributed by atoms with Crippen LogP contribution in [0.25, 0.3) is 0 Å². The van der Waals surface area contributed by atoms with Crippen LogP contribution in [0.4, 0.5) is 10.1 Å². The van der Waals surface area contributed by atoms with Crippen molar-refractivity contribution in [3.8, 4) is 0 Å². The van der Waals surface area contributed by atoms with Crippen LogP contribution in [-0.4, -0.2) is 13.0 Å². The van der Waals surface area contributed by atoms with E-state index in [4.69, 9.17) is 0 Å². The van der Waals surface area contributed by atoms with Crippen LogP contribution < -0.4 is 4.90 Å². The molecule has 102 valence electrons. The second-order valence-corrected chi connectivity index (χ2v) is 6.47. The van der Waals surface area contributed by atoms with Crippen molar-refractivity contribution in [3.63, 3.8) is 0 Å². The lowest BCUT2D eigenvalue weighted by Gasteiger charge is -2.22. The van der Waals surface area contributed by atoms with E-state index in [1.165, 1.54) is 23.9 Å². The molecule has 0 saturated carbocycles. The minimum Gasteiger partial charge on any atom is -0.314 e. The highest BCUT2D eigenvalue weighted by molar-refractivity contribution is 8.01. The molecule has 20 heavy (non-hydrogen) atoms. The molecule has 0 aliphatic carbocycles. The molecule has 0 aromatic heterocycles. The van der Waals surface area contributed by atoms with Crippen LogP contribution in [0.3, 0.4) is 0 Å². The van der Waals surface area contributed by atoms with Gasteiger partial charge in [0.25, 0.3) is 0 Å². The molecule has 3 rings (SSSR count). The summed E-state index contributed by atoms with van der Waals surface area (Å²) in [4.78, 5) is 15.2. The summed E-state index contributed by atoms with van der Waals surface area (Å²) in [6, 6.07) is 14.2. The highest BCUT2D eigenvalue weighted by Gasteiger charge is 2.47. The number of thioether (sulfide) groups is 1. The fraction of sp³-hybridized carbons (Fsp3) is 0.188. The third-order valence-electron chi connectivity index (χ3n) is 3.61. The Balaban J connectivity index is 2.09. The Morgan fingerprint density at radius 2 is 1.85 bits per heavy atom. The number of carbonyl (C=O) groups is 1. The zero-order chi connectivity index (χ0) is 14.3. The average Bonchev–Trinajstić information content (AvgIpc) is 2.62. The van der Waals surface area contributed by atoms with Crippen LogP contribution in [0.15, 0.2) is 53.4 Å². The molecule has 0 fully saturated rings. The van der Waals surface area contributed by atoms with Crippen molar-refractivity contribution >= 4 is 23.4 Å². The topological polar surface area (TPSA) is 20.3 Å². The van der Waals surface area contributed by atoms with Crippen LogP contribution in [0.2, 0.25) is 0 Å². The Hall–Kier alpha value is -1.81. The number of hydrogen-bond acceptors (Lipinski definition) is 2. The molecule has 4 heteroatoms. The molecule has 0 spiro atoms. The zero-order valence-electron chi connectivity index (χ0n) is 11.3. The molecule has 2 aromatic carbocycles. The molecule has 1 amide bonds. The number of rotatable bonds is 2. The van der Waals surface area contributed by atoms with E-state index in [2.05, 4.69) is 0 Å². The molecule has 1 atom stereocenters. The summed E-state index contributed by atoms with van der Waals surface area (Å²) in [6.45, 7) is 1.86. The highest BCUT2D eigenvalue weighted by atomic mass is 32.2. The first kappa shape index (κ1) is 13.2. The molecular weight excluding hydrogens is 273 g/mol. The lowest BCUT2D eigenvalue weighted by atomic mass is 10.0. The molecule has 2 nitrogen and oxygen atoms in total. The number of halogens is 1. The Labute approximate surface area is 121 Å². The lowest BCUT2D eigenvalue weighted by Crippen LogP contribution is -2.33. The quantitative estimate of drug-likeness (QED) is 0.837. The van der Waals surface area contributed by atoms with Crippen LogP contribution in [-0.2, 0) is 9.54 Å². The zero-order valence-corrected chi connectivity index (χ0v) is 12.1. The first-order chi connectivity index (χ1) is 9.52. The number of hydrogen-bond donors (Lipinski definition) is 0. The van der Waals surface area contributed by atoms with Gasteiger partial charge in [-0.2, -0.15) is 0 Å². The van der Waals surface area contributed by atoms with Crippen molar-refractivity contribution in [3.05, 3.63) is 59.9 Å². The van der Waals surface area contributed by atoms with Crippen LogP contribution >= 0.6 is 11.8 Å². The summed E-state index contributed by atoms with van der Waals surface area (Å²) in [5.74, 6) is -0.335. The van der Waals surface area contributed by atoms with Gasteiger partial charge in [0.15, 0.2) is 0 Å². The summed E-state index contributed by atoms with van der Waals surface area (Å²) >= 11 is 1.46. The maximum absolute atomic E-state index is 13.6. The van der Waals surface area contributed by atoms with Gasteiger partial charge in [-0.05, 0) is 37.3 Å². The van der Waals surface area contributed by atoms with Gasteiger partial charge in [-0.3, -0.25) is 4.79 Å². The summed E-state index contributed by atoms with van der Waals surface area (Å²) in [5, 5.41) is 0. The molecule has 0 N–H and O–H groups in total. The summed E-state index contributed by atoms with van der Waals surface area (Å²) in [7, 11) is 1.73. The second-order valence-electron chi connectivity index (χ2n) is 4.97. The largest absolute Gasteiger partial charge is 0.314 e. The summed E-state index contributed by atoms with van der Waals surface area (Å²) in [5.41, 5.74) is 1.51. The molecule has 1 heterocycles. The van der Waals surface area contributed by atoms with Gasteiger partial charge in [-0.1, -0.05) is 18.2 Å². The molecule has 1 aliphatic rings. The standard InChI is InChI=1S/C16H14FNOS/c1-16(20-12-6-4-3-5-7-12)13-10-11(17)8-9-14(13)18(2)15(16)19/h3-10H,1-2H3. The first-order valence-corrected chi connectivity index (χ1v) is 7.16. The number of anilines is 1. The Bertz CT molecular complexity index is 673. The normalized spacial score (nSPS) is 21.1. The maximum atomic E-state index is 13.6. The Morgan fingerprint density at radius 1 is 1.15 bits per heavy atom. The number of likely N-dealkylation sites (N-methyl/N-ethyl adjacent to an activating group) is 1. The molecule has 0 radical (unpaired) electrons. The summed E-state index contributed by atoms with van der Waals surface area (Å²) in [6.07, 6.45) is 0. The maximum Gasteiger partial charge on any atom is 0.247 e. The van der Waals surface area contributed by atoms with Crippen LogP contribution in [0.5, 0.6) is 0 Å². The van der Waals surface area contributed by atoms with Gasteiger partial charge in [0.05, 0.1) is 0 Å². The second kappa shape index (κ2) is 4.63. The predicted octanol–water partition coefficient (Wildman–Crippen LogP) is 3.81. The third kappa shape index (κ3) is 1.91. The molecule has 0 saturated heterocycles. The minimum absolute atomic E-state index is 0.0213. The van der Waals surface area contributed by atoms with Crippen molar-refractivity contribution < 1.29 is 9.18 Å². The fourth-order valence-electron chi connectivity index (χ4n) is 2.55. The fourth-order valence-corrected chi connectivity index (χ4v) is 3.81. The first-order valence-electron chi connectivity index (χ1n) is 6.34. The Kier molecular flexibility index (Phi) is 3.05. The van der Waals surface area contributed by atoms with E-state index in [0.717, 1.165) is 16.1 Å². The van der Waals surface area contributed by atoms with Crippen molar-refractivity contribution in [2.45, 2.75) is 16.6 Å². The summed E-state index contributed by atoms with van der Waals surface area (Å²) < 4.78 is 12.8. The third-order valence-corrected chi connectivity index (χ3v) is 4.92. The number of fused-ring (bicyclic) bond motifs is 1. The molecule has 1 unspecified atom stereocenters. The Morgan fingerprint density at radius 3 is 2.55 bits per heavy atom. The van der Waals surface area contributed by atoms with Gasteiger partial charge in [-0.15, -0.1) is 11.8 Å². The van der Waals surface area contributed by atoms with E-state index in [9.17, 15) is 9.18 Å². The van der Waals surface area contributed by atoms with Gasteiger partial charge >= 0.3 is 0 Å². The van der Waals surface area contributed by atoms with Crippen molar-refractivity contribution in [2.24, 2.45) is 0 Å². The number of benzene rings is 2. The van der Waals surface area contributed by atoms with E-state index >= 15 is 0 Å². The van der Waals surface area contributed by atoms with E-state index < -0.39 is 4.75 Å². The van der Waals surface area contributed by atoms with Gasteiger partial charge in [0.1, 0.15) is 10.6 Å². The monoisotopic (exact) mass is 287 g/mol. The van der Waals surface area contributed by atoms with Gasteiger partial charge in [-0.25, -0.2) is 4.39 Å². The van der Waals surface area contributed by atoms with Crippen molar-refractivity contribution in [1.29, 1.82) is 0 Å². The number of nitrogens with zero attached hydrogens (tertiary/aromatic N) is 1. The molecule has 0 bridgehead atoms. The number of carbonyl (C=O) groups excluding carboxylic acids is 1. The lowest BCUT2D eigenvalue weighted by molar-refractivity contribution is -0.119. The smallest absolute Gasteiger partial charge is 0.247 e. The van der Waals surface area contributed by atoms with Gasteiger partial charge in [0.2, 0.25) is 5.91 Å². The molecular formula is C16H14FNOS. The van der Waals surface area contributed by atoms with Crippen LogP contribution in [0, 0.1) is 5.82 Å². The predicted molar refractivity (Wildman–Crippen MR) is 79.5 cm³/mol. The SMILES string of the molecule is CN1C(=O)C(C)(Sc2ccccc2)c2cc(F)ccc21.